The molecule has 112 valence electrons. The highest BCUT2D eigenvalue weighted by Gasteiger charge is 2.12. The first-order valence-corrected chi connectivity index (χ1v) is 7.46. The summed E-state index contributed by atoms with van der Waals surface area (Å²) in [6.07, 6.45) is 2.73. The van der Waals surface area contributed by atoms with E-state index >= 15 is 0 Å². The number of carbonyl (C=O) groups is 1. The first kappa shape index (κ1) is 14.2. The topological polar surface area (TPSA) is 56.9 Å². The van der Waals surface area contributed by atoms with Gasteiger partial charge in [-0.25, -0.2) is 4.79 Å². The Morgan fingerprint density at radius 2 is 1.95 bits per heavy atom. The van der Waals surface area contributed by atoms with E-state index in [1.54, 1.807) is 0 Å². The van der Waals surface area contributed by atoms with E-state index in [1.807, 2.05) is 60.8 Å². The van der Waals surface area contributed by atoms with Gasteiger partial charge in [0.2, 0.25) is 0 Å². The van der Waals surface area contributed by atoms with Gasteiger partial charge in [-0.05, 0) is 35.6 Å². The van der Waals surface area contributed by atoms with Crippen molar-refractivity contribution in [3.8, 4) is 0 Å². The maximum absolute atomic E-state index is 12.2. The van der Waals surface area contributed by atoms with Crippen molar-refractivity contribution in [2.24, 2.45) is 0 Å². The first-order valence-electron chi connectivity index (χ1n) is 7.46. The van der Waals surface area contributed by atoms with Gasteiger partial charge in [0.1, 0.15) is 0 Å². The van der Waals surface area contributed by atoms with Crippen LogP contribution in [0.4, 0.5) is 10.5 Å². The van der Waals surface area contributed by atoms with Crippen LogP contribution in [0.3, 0.4) is 0 Å². The minimum Gasteiger partial charge on any atom is -0.361 e. The van der Waals surface area contributed by atoms with Crippen molar-refractivity contribution < 1.29 is 4.79 Å². The van der Waals surface area contributed by atoms with Crippen LogP contribution < -0.4 is 10.6 Å². The van der Waals surface area contributed by atoms with Crippen molar-refractivity contribution in [3.63, 3.8) is 0 Å². The summed E-state index contributed by atoms with van der Waals surface area (Å²) in [5, 5.41) is 7.03. The summed E-state index contributed by atoms with van der Waals surface area (Å²) in [6, 6.07) is 17.6. The highest BCUT2D eigenvalue weighted by Crippen LogP contribution is 2.19. The van der Waals surface area contributed by atoms with Crippen molar-refractivity contribution in [1.82, 2.24) is 10.3 Å². The van der Waals surface area contributed by atoms with E-state index in [-0.39, 0.29) is 12.1 Å². The average molecular weight is 293 g/mol. The Morgan fingerprint density at radius 1 is 1.14 bits per heavy atom. The molecule has 0 radical (unpaired) electrons. The summed E-state index contributed by atoms with van der Waals surface area (Å²) in [4.78, 5) is 15.3. The maximum atomic E-state index is 12.2. The molecule has 3 aromatic rings. The van der Waals surface area contributed by atoms with E-state index < -0.39 is 0 Å². The number of H-pyrrole nitrogens is 1. The molecule has 1 aromatic heterocycles. The summed E-state index contributed by atoms with van der Waals surface area (Å²) in [5.41, 5.74) is 2.89. The standard InChI is InChI=1S/C18H19N3O/c1-2-16(13-6-4-3-5-7-13)21-18(22)20-15-9-8-14-10-11-19-17(14)12-15/h3-12,16,19H,2H2,1H3,(H2,20,21,22)/t16-/m0/s1. The fourth-order valence-corrected chi connectivity index (χ4v) is 2.56. The molecule has 1 heterocycles. The zero-order chi connectivity index (χ0) is 15.4. The number of aromatic amines is 1. The van der Waals surface area contributed by atoms with E-state index in [4.69, 9.17) is 0 Å². The number of nitrogens with one attached hydrogen (secondary N) is 3. The molecule has 1 atom stereocenters. The van der Waals surface area contributed by atoms with Crippen LogP contribution in [-0.4, -0.2) is 11.0 Å². The molecular formula is C18H19N3O. The van der Waals surface area contributed by atoms with Crippen LogP contribution in [0.5, 0.6) is 0 Å². The number of hydrogen-bond acceptors (Lipinski definition) is 1. The van der Waals surface area contributed by atoms with Gasteiger partial charge in [0.05, 0.1) is 6.04 Å². The molecule has 0 unspecified atom stereocenters. The fraction of sp³-hybridized carbons (Fsp3) is 0.167. The van der Waals surface area contributed by atoms with Crippen molar-refractivity contribution in [2.45, 2.75) is 19.4 Å². The van der Waals surface area contributed by atoms with Gasteiger partial charge in [0, 0.05) is 17.4 Å². The number of hydrogen-bond donors (Lipinski definition) is 3. The molecule has 0 saturated carbocycles. The zero-order valence-electron chi connectivity index (χ0n) is 12.5. The minimum absolute atomic E-state index is 0.00965. The lowest BCUT2D eigenvalue weighted by atomic mass is 10.1. The Morgan fingerprint density at radius 3 is 2.73 bits per heavy atom. The smallest absolute Gasteiger partial charge is 0.319 e. The fourth-order valence-electron chi connectivity index (χ4n) is 2.56. The Bertz CT molecular complexity index is 764. The van der Waals surface area contributed by atoms with E-state index in [0.29, 0.717) is 0 Å². The third-order valence-corrected chi connectivity index (χ3v) is 3.73. The number of aromatic nitrogens is 1. The number of benzene rings is 2. The Kier molecular flexibility index (Phi) is 4.10. The van der Waals surface area contributed by atoms with E-state index in [1.165, 1.54) is 0 Å². The number of urea groups is 1. The number of rotatable bonds is 4. The molecule has 0 bridgehead atoms. The molecule has 22 heavy (non-hydrogen) atoms. The molecule has 0 aliphatic heterocycles. The number of amides is 2. The van der Waals surface area contributed by atoms with Gasteiger partial charge < -0.3 is 15.6 Å². The second kappa shape index (κ2) is 6.35. The zero-order valence-corrected chi connectivity index (χ0v) is 12.5. The van der Waals surface area contributed by atoms with Crippen LogP contribution in [0.15, 0.2) is 60.8 Å². The quantitative estimate of drug-likeness (QED) is 0.654. The second-order valence-electron chi connectivity index (χ2n) is 5.25. The summed E-state index contributed by atoms with van der Waals surface area (Å²) in [7, 11) is 0. The Balaban J connectivity index is 1.68. The summed E-state index contributed by atoms with van der Waals surface area (Å²) >= 11 is 0. The van der Waals surface area contributed by atoms with Gasteiger partial charge in [0.15, 0.2) is 0 Å². The van der Waals surface area contributed by atoms with Gasteiger partial charge in [-0.2, -0.15) is 0 Å². The first-order chi connectivity index (χ1) is 10.8. The molecule has 0 aliphatic rings. The monoisotopic (exact) mass is 293 g/mol. The summed E-state index contributed by atoms with van der Waals surface area (Å²) < 4.78 is 0. The Labute approximate surface area is 129 Å². The molecule has 3 N–H and O–H groups in total. The lowest BCUT2D eigenvalue weighted by Crippen LogP contribution is -2.32. The van der Waals surface area contributed by atoms with E-state index in [0.717, 1.165) is 28.6 Å². The summed E-state index contributed by atoms with van der Waals surface area (Å²) in [6.45, 7) is 2.06. The lowest BCUT2D eigenvalue weighted by Gasteiger charge is -2.18. The number of fused-ring (bicyclic) bond motifs is 1. The van der Waals surface area contributed by atoms with Gasteiger partial charge in [-0.15, -0.1) is 0 Å². The molecule has 0 fully saturated rings. The van der Waals surface area contributed by atoms with E-state index in [9.17, 15) is 4.79 Å². The van der Waals surface area contributed by atoms with Crippen molar-refractivity contribution in [2.75, 3.05) is 5.32 Å². The van der Waals surface area contributed by atoms with Gasteiger partial charge in [-0.3, -0.25) is 0 Å². The highest BCUT2D eigenvalue weighted by molar-refractivity contribution is 5.92. The van der Waals surface area contributed by atoms with Crippen molar-refractivity contribution >= 4 is 22.6 Å². The van der Waals surface area contributed by atoms with Gasteiger partial charge >= 0.3 is 6.03 Å². The van der Waals surface area contributed by atoms with Crippen molar-refractivity contribution in [1.29, 1.82) is 0 Å². The molecule has 0 spiro atoms. The predicted molar refractivity (Wildman–Crippen MR) is 89.9 cm³/mol. The van der Waals surface area contributed by atoms with Gasteiger partial charge in [-0.1, -0.05) is 43.3 Å². The Hall–Kier alpha value is -2.75. The molecule has 0 saturated heterocycles. The van der Waals surface area contributed by atoms with Crippen LogP contribution in [0.2, 0.25) is 0 Å². The van der Waals surface area contributed by atoms with Crippen LogP contribution in [0.1, 0.15) is 24.9 Å². The molecular weight excluding hydrogens is 274 g/mol. The third-order valence-electron chi connectivity index (χ3n) is 3.73. The molecule has 2 aromatic carbocycles. The second-order valence-corrected chi connectivity index (χ2v) is 5.25. The van der Waals surface area contributed by atoms with E-state index in [2.05, 4.69) is 22.5 Å². The third kappa shape index (κ3) is 3.11. The number of anilines is 1. The molecule has 3 rings (SSSR count). The van der Waals surface area contributed by atoms with Crippen LogP contribution >= 0.6 is 0 Å². The van der Waals surface area contributed by atoms with Gasteiger partial charge in [0.25, 0.3) is 0 Å². The summed E-state index contributed by atoms with van der Waals surface area (Å²) in [5.74, 6) is 0. The molecule has 4 nitrogen and oxygen atoms in total. The predicted octanol–water partition coefficient (Wildman–Crippen LogP) is 4.44. The van der Waals surface area contributed by atoms with Crippen molar-refractivity contribution in [3.05, 3.63) is 66.4 Å². The van der Waals surface area contributed by atoms with Crippen LogP contribution in [0, 0.1) is 0 Å². The average Bonchev–Trinajstić information content (AvgIpc) is 3.01. The van der Waals surface area contributed by atoms with Crippen LogP contribution in [-0.2, 0) is 0 Å². The minimum atomic E-state index is -0.193. The normalized spacial score (nSPS) is 12.0. The molecule has 0 aliphatic carbocycles. The molecule has 2 amide bonds. The lowest BCUT2D eigenvalue weighted by molar-refractivity contribution is 0.248. The molecule has 4 heteroatoms. The SMILES string of the molecule is CC[C@H](NC(=O)Nc1ccc2cc[nH]c2c1)c1ccccc1. The highest BCUT2D eigenvalue weighted by atomic mass is 16.2. The largest absolute Gasteiger partial charge is 0.361 e. The van der Waals surface area contributed by atoms with Crippen LogP contribution in [0.25, 0.3) is 10.9 Å². The number of carbonyl (C=O) groups excluding carboxylic acids is 1. The maximum Gasteiger partial charge on any atom is 0.319 e.